The fourth-order valence-corrected chi connectivity index (χ4v) is 4.25. The van der Waals surface area contributed by atoms with Crippen molar-refractivity contribution in [3.05, 3.63) is 29.8 Å². The molecule has 1 atom stereocenters. The molecule has 2 rings (SSSR count). The molecule has 100 valence electrons. The SMILES string of the molecule is COc1ccc(C2CN(S(C)(=O)=O)CCS2)cc1. The van der Waals surface area contributed by atoms with Gasteiger partial charge in [0.25, 0.3) is 0 Å². The molecule has 1 unspecified atom stereocenters. The van der Waals surface area contributed by atoms with Gasteiger partial charge in [-0.1, -0.05) is 12.1 Å². The molecule has 1 heterocycles. The molecule has 1 fully saturated rings. The molecular formula is C12H17NO3S2. The fourth-order valence-electron chi connectivity index (χ4n) is 1.95. The first-order valence-electron chi connectivity index (χ1n) is 5.71. The van der Waals surface area contributed by atoms with Gasteiger partial charge < -0.3 is 4.74 Å². The number of benzene rings is 1. The smallest absolute Gasteiger partial charge is 0.211 e. The molecule has 0 radical (unpaired) electrons. The predicted octanol–water partition coefficient (Wildman–Crippen LogP) is 1.74. The van der Waals surface area contributed by atoms with E-state index in [1.165, 1.54) is 6.26 Å². The third-order valence-electron chi connectivity index (χ3n) is 2.99. The van der Waals surface area contributed by atoms with Crippen LogP contribution < -0.4 is 4.74 Å². The van der Waals surface area contributed by atoms with Gasteiger partial charge in [0.2, 0.25) is 10.0 Å². The summed E-state index contributed by atoms with van der Waals surface area (Å²) in [7, 11) is -1.45. The number of hydrogen-bond donors (Lipinski definition) is 0. The zero-order chi connectivity index (χ0) is 13.2. The summed E-state index contributed by atoms with van der Waals surface area (Å²) in [5, 5.41) is 0.208. The Balaban J connectivity index is 2.13. The van der Waals surface area contributed by atoms with Gasteiger partial charge in [0.15, 0.2) is 0 Å². The van der Waals surface area contributed by atoms with E-state index in [1.807, 2.05) is 24.3 Å². The normalized spacial score (nSPS) is 21.8. The minimum Gasteiger partial charge on any atom is -0.497 e. The summed E-state index contributed by atoms with van der Waals surface area (Å²) in [5.41, 5.74) is 1.15. The number of methoxy groups -OCH3 is 1. The van der Waals surface area contributed by atoms with Crippen LogP contribution in [-0.4, -0.2) is 44.9 Å². The molecule has 1 aromatic carbocycles. The summed E-state index contributed by atoms with van der Waals surface area (Å²) in [6.45, 7) is 1.16. The van der Waals surface area contributed by atoms with E-state index >= 15 is 0 Å². The molecule has 1 saturated heterocycles. The number of sulfonamides is 1. The lowest BCUT2D eigenvalue weighted by Crippen LogP contribution is -2.38. The van der Waals surface area contributed by atoms with E-state index in [1.54, 1.807) is 23.2 Å². The first-order valence-corrected chi connectivity index (χ1v) is 8.61. The van der Waals surface area contributed by atoms with Gasteiger partial charge in [-0.2, -0.15) is 16.1 Å². The number of rotatable bonds is 3. The predicted molar refractivity (Wildman–Crippen MR) is 74.6 cm³/mol. The van der Waals surface area contributed by atoms with E-state index < -0.39 is 10.0 Å². The topological polar surface area (TPSA) is 46.6 Å². The molecule has 4 nitrogen and oxygen atoms in total. The van der Waals surface area contributed by atoms with Crippen LogP contribution in [0, 0.1) is 0 Å². The molecule has 0 amide bonds. The molecule has 1 aromatic rings. The molecule has 6 heteroatoms. The zero-order valence-corrected chi connectivity index (χ0v) is 12.1. The maximum atomic E-state index is 11.6. The van der Waals surface area contributed by atoms with Crippen molar-refractivity contribution in [3.8, 4) is 5.75 Å². The molecule has 0 bridgehead atoms. The van der Waals surface area contributed by atoms with Gasteiger partial charge in [-0.25, -0.2) is 8.42 Å². The van der Waals surface area contributed by atoms with Crippen molar-refractivity contribution >= 4 is 21.8 Å². The summed E-state index contributed by atoms with van der Waals surface area (Å²) in [6.07, 6.45) is 1.27. The van der Waals surface area contributed by atoms with Crippen LogP contribution in [0.15, 0.2) is 24.3 Å². The van der Waals surface area contributed by atoms with Gasteiger partial charge in [0.05, 0.1) is 13.4 Å². The molecule has 0 aromatic heterocycles. The van der Waals surface area contributed by atoms with Crippen LogP contribution in [0.3, 0.4) is 0 Å². The summed E-state index contributed by atoms with van der Waals surface area (Å²) in [4.78, 5) is 0. The highest BCUT2D eigenvalue weighted by Crippen LogP contribution is 2.34. The Morgan fingerprint density at radius 3 is 2.56 bits per heavy atom. The molecule has 18 heavy (non-hydrogen) atoms. The number of thioether (sulfide) groups is 1. The second-order valence-corrected chi connectivity index (χ2v) is 7.55. The lowest BCUT2D eigenvalue weighted by atomic mass is 10.1. The van der Waals surface area contributed by atoms with Crippen LogP contribution in [0.5, 0.6) is 5.75 Å². The van der Waals surface area contributed by atoms with Gasteiger partial charge in [-0.05, 0) is 17.7 Å². The molecule has 0 aliphatic carbocycles. The number of hydrogen-bond acceptors (Lipinski definition) is 4. The van der Waals surface area contributed by atoms with Gasteiger partial charge in [-0.15, -0.1) is 0 Å². The van der Waals surface area contributed by atoms with Crippen LogP contribution in [0.25, 0.3) is 0 Å². The Hall–Kier alpha value is -0.720. The Kier molecular flexibility index (Phi) is 4.19. The van der Waals surface area contributed by atoms with Crippen molar-refractivity contribution in [2.75, 3.05) is 32.2 Å². The average Bonchev–Trinajstić information content (AvgIpc) is 2.38. The van der Waals surface area contributed by atoms with Crippen molar-refractivity contribution in [3.63, 3.8) is 0 Å². The van der Waals surface area contributed by atoms with E-state index in [9.17, 15) is 8.42 Å². The van der Waals surface area contributed by atoms with Gasteiger partial charge in [-0.3, -0.25) is 0 Å². The highest BCUT2D eigenvalue weighted by Gasteiger charge is 2.27. The van der Waals surface area contributed by atoms with Crippen LogP contribution in [0.1, 0.15) is 10.8 Å². The fraction of sp³-hybridized carbons (Fsp3) is 0.500. The van der Waals surface area contributed by atoms with Gasteiger partial charge in [0, 0.05) is 24.1 Å². The van der Waals surface area contributed by atoms with Crippen molar-refractivity contribution < 1.29 is 13.2 Å². The quantitative estimate of drug-likeness (QED) is 0.849. The second kappa shape index (κ2) is 5.50. The lowest BCUT2D eigenvalue weighted by molar-refractivity contribution is 0.413. The van der Waals surface area contributed by atoms with Crippen molar-refractivity contribution in [2.45, 2.75) is 5.25 Å². The summed E-state index contributed by atoms with van der Waals surface area (Å²) in [5.74, 6) is 1.66. The Labute approximate surface area is 112 Å². The molecule has 0 N–H and O–H groups in total. The minimum atomic E-state index is -3.08. The third-order valence-corrected chi connectivity index (χ3v) is 5.50. The van der Waals surface area contributed by atoms with E-state index in [0.717, 1.165) is 17.1 Å². The molecule has 1 aliphatic heterocycles. The highest BCUT2D eigenvalue weighted by molar-refractivity contribution is 7.99. The van der Waals surface area contributed by atoms with Crippen molar-refractivity contribution in [1.29, 1.82) is 0 Å². The monoisotopic (exact) mass is 287 g/mol. The molecular weight excluding hydrogens is 270 g/mol. The summed E-state index contributed by atoms with van der Waals surface area (Å²) in [6, 6.07) is 7.83. The maximum absolute atomic E-state index is 11.6. The van der Waals surface area contributed by atoms with Gasteiger partial charge >= 0.3 is 0 Å². The second-order valence-electron chi connectivity index (χ2n) is 4.25. The highest BCUT2D eigenvalue weighted by atomic mass is 32.2. The zero-order valence-electron chi connectivity index (χ0n) is 10.5. The van der Waals surface area contributed by atoms with Crippen molar-refractivity contribution in [1.82, 2.24) is 4.31 Å². The summed E-state index contributed by atoms with van der Waals surface area (Å²) < 4.78 is 29.8. The lowest BCUT2D eigenvalue weighted by Gasteiger charge is -2.30. The largest absolute Gasteiger partial charge is 0.497 e. The van der Waals surface area contributed by atoms with E-state index in [4.69, 9.17) is 4.74 Å². The minimum absolute atomic E-state index is 0.208. The number of nitrogens with zero attached hydrogens (tertiary/aromatic N) is 1. The van der Waals surface area contributed by atoms with Crippen LogP contribution in [0.2, 0.25) is 0 Å². The van der Waals surface area contributed by atoms with Crippen LogP contribution >= 0.6 is 11.8 Å². The Morgan fingerprint density at radius 1 is 1.33 bits per heavy atom. The first kappa shape index (κ1) is 13.7. The molecule has 0 spiro atoms. The van der Waals surface area contributed by atoms with E-state index in [-0.39, 0.29) is 5.25 Å². The maximum Gasteiger partial charge on any atom is 0.211 e. The average molecular weight is 287 g/mol. The van der Waals surface area contributed by atoms with Crippen LogP contribution in [0.4, 0.5) is 0 Å². The molecule has 0 saturated carbocycles. The van der Waals surface area contributed by atoms with Crippen LogP contribution in [-0.2, 0) is 10.0 Å². The van der Waals surface area contributed by atoms with Gasteiger partial charge in [0.1, 0.15) is 5.75 Å². The Bertz CT molecular complexity index is 499. The third kappa shape index (κ3) is 3.18. The Morgan fingerprint density at radius 2 is 2.00 bits per heavy atom. The van der Waals surface area contributed by atoms with E-state index in [0.29, 0.717) is 13.1 Å². The van der Waals surface area contributed by atoms with E-state index in [2.05, 4.69) is 0 Å². The van der Waals surface area contributed by atoms with Crippen molar-refractivity contribution in [2.24, 2.45) is 0 Å². The first-order chi connectivity index (χ1) is 8.50. The molecule has 1 aliphatic rings. The number of ether oxygens (including phenoxy) is 1. The standard InChI is InChI=1S/C12H17NO3S2/c1-16-11-5-3-10(4-6-11)12-9-13(7-8-17-12)18(2,14)15/h3-6,12H,7-9H2,1-2H3. The summed E-state index contributed by atoms with van der Waals surface area (Å²) >= 11 is 1.80.